The summed E-state index contributed by atoms with van der Waals surface area (Å²) in [7, 11) is 0. The molecule has 140 valence electrons. The van der Waals surface area contributed by atoms with Crippen LogP contribution < -0.4 is 5.32 Å². The highest BCUT2D eigenvalue weighted by molar-refractivity contribution is 7.17. The van der Waals surface area contributed by atoms with Crippen molar-refractivity contribution in [1.29, 1.82) is 0 Å². The van der Waals surface area contributed by atoms with Crippen molar-refractivity contribution < 1.29 is 14.0 Å². The number of piperidine rings is 1. The Balaban J connectivity index is 1.29. The maximum Gasteiger partial charge on any atom is 0.289 e. The number of hydrogen-bond donors (Lipinski definition) is 1. The third-order valence-electron chi connectivity index (χ3n) is 4.89. The zero-order valence-corrected chi connectivity index (χ0v) is 16.2. The summed E-state index contributed by atoms with van der Waals surface area (Å²) < 4.78 is 6.29. The first-order valence-corrected chi connectivity index (χ1v) is 10.1. The lowest BCUT2D eigenvalue weighted by atomic mass is 9.96. The van der Waals surface area contributed by atoms with Crippen LogP contribution in [0.3, 0.4) is 0 Å². The zero-order valence-electron chi connectivity index (χ0n) is 14.6. The number of nitrogens with zero attached hydrogens (tertiary/aromatic N) is 1. The van der Waals surface area contributed by atoms with Gasteiger partial charge in [-0.15, -0.1) is 11.3 Å². The van der Waals surface area contributed by atoms with Crippen molar-refractivity contribution in [3.05, 3.63) is 57.4 Å². The van der Waals surface area contributed by atoms with E-state index in [2.05, 4.69) is 5.32 Å². The maximum absolute atomic E-state index is 12.7. The molecule has 0 radical (unpaired) electrons. The number of rotatable bonds is 4. The summed E-state index contributed by atoms with van der Waals surface area (Å²) in [4.78, 5) is 27.2. The van der Waals surface area contributed by atoms with E-state index in [1.54, 1.807) is 18.2 Å². The van der Waals surface area contributed by atoms with Crippen LogP contribution in [0.2, 0.25) is 4.34 Å². The van der Waals surface area contributed by atoms with E-state index in [0.29, 0.717) is 40.5 Å². The van der Waals surface area contributed by atoms with Crippen LogP contribution in [-0.2, 0) is 0 Å². The minimum absolute atomic E-state index is 0.0677. The number of thiophene rings is 1. The van der Waals surface area contributed by atoms with Crippen molar-refractivity contribution >= 4 is 45.7 Å². The zero-order chi connectivity index (χ0) is 18.8. The Kier molecular flexibility index (Phi) is 5.18. The smallest absolute Gasteiger partial charge is 0.289 e. The molecule has 0 aliphatic carbocycles. The number of nitrogens with one attached hydrogen (secondary N) is 1. The minimum atomic E-state index is -0.0901. The molecule has 3 heterocycles. The Morgan fingerprint density at radius 1 is 1.19 bits per heavy atom. The van der Waals surface area contributed by atoms with Crippen molar-refractivity contribution in [2.75, 3.05) is 19.6 Å². The fourth-order valence-corrected chi connectivity index (χ4v) is 4.30. The van der Waals surface area contributed by atoms with Crippen LogP contribution in [0.5, 0.6) is 0 Å². The second kappa shape index (κ2) is 7.74. The molecule has 3 aromatic rings. The molecule has 1 aromatic carbocycles. The predicted molar refractivity (Wildman–Crippen MR) is 107 cm³/mol. The molecule has 5 nitrogen and oxygen atoms in total. The van der Waals surface area contributed by atoms with Gasteiger partial charge in [-0.25, -0.2) is 0 Å². The van der Waals surface area contributed by atoms with Gasteiger partial charge in [-0.05, 0) is 43.0 Å². The summed E-state index contributed by atoms with van der Waals surface area (Å²) in [5, 5.41) is 3.90. The number of carbonyl (C=O) groups is 2. The number of amides is 2. The molecule has 0 atom stereocenters. The Bertz CT molecular complexity index is 939. The molecule has 7 heteroatoms. The van der Waals surface area contributed by atoms with Gasteiger partial charge in [0.15, 0.2) is 5.76 Å². The van der Waals surface area contributed by atoms with Crippen molar-refractivity contribution in [1.82, 2.24) is 10.2 Å². The third-order valence-corrected chi connectivity index (χ3v) is 6.12. The van der Waals surface area contributed by atoms with E-state index in [-0.39, 0.29) is 11.8 Å². The van der Waals surface area contributed by atoms with Gasteiger partial charge < -0.3 is 14.6 Å². The van der Waals surface area contributed by atoms with E-state index in [1.807, 2.05) is 29.2 Å². The van der Waals surface area contributed by atoms with Gasteiger partial charge in [0.25, 0.3) is 11.8 Å². The lowest BCUT2D eigenvalue weighted by molar-refractivity contribution is 0.0655. The van der Waals surface area contributed by atoms with E-state index in [1.165, 1.54) is 11.3 Å². The van der Waals surface area contributed by atoms with Gasteiger partial charge in [0.2, 0.25) is 0 Å². The van der Waals surface area contributed by atoms with E-state index in [0.717, 1.165) is 23.8 Å². The first kappa shape index (κ1) is 18.1. The monoisotopic (exact) mass is 402 g/mol. The van der Waals surface area contributed by atoms with E-state index >= 15 is 0 Å². The first-order valence-electron chi connectivity index (χ1n) is 8.91. The topological polar surface area (TPSA) is 62.6 Å². The standard InChI is InChI=1S/C20H19ClN2O3S/c21-18-6-5-17(27-18)19(24)22-12-13-7-9-23(10-8-13)20(25)16-11-14-3-1-2-4-15(14)26-16/h1-6,11,13H,7-10,12H2,(H,22,24). The highest BCUT2D eigenvalue weighted by atomic mass is 35.5. The Hall–Kier alpha value is -2.31. The predicted octanol–water partition coefficient (Wildman–Crippen LogP) is 4.43. The Morgan fingerprint density at radius 2 is 1.96 bits per heavy atom. The second-order valence-corrected chi connectivity index (χ2v) is 8.41. The molecule has 1 saturated heterocycles. The molecule has 0 spiro atoms. The van der Waals surface area contributed by atoms with Gasteiger partial charge in [0, 0.05) is 25.0 Å². The minimum Gasteiger partial charge on any atom is -0.451 e. The number of halogens is 1. The van der Waals surface area contributed by atoms with Gasteiger partial charge >= 0.3 is 0 Å². The van der Waals surface area contributed by atoms with Crippen LogP contribution in [0.15, 0.2) is 46.9 Å². The number of fused-ring (bicyclic) bond motifs is 1. The fraction of sp³-hybridized carbons (Fsp3) is 0.300. The molecule has 0 bridgehead atoms. The van der Waals surface area contributed by atoms with Gasteiger partial charge in [-0.3, -0.25) is 9.59 Å². The van der Waals surface area contributed by atoms with Crippen molar-refractivity contribution in [2.45, 2.75) is 12.8 Å². The van der Waals surface area contributed by atoms with Crippen LogP contribution in [0, 0.1) is 5.92 Å². The quantitative estimate of drug-likeness (QED) is 0.702. The molecule has 4 rings (SSSR count). The van der Waals surface area contributed by atoms with Crippen LogP contribution in [0.1, 0.15) is 33.1 Å². The van der Waals surface area contributed by atoms with Crippen LogP contribution in [0.25, 0.3) is 11.0 Å². The number of carbonyl (C=O) groups excluding carboxylic acids is 2. The summed E-state index contributed by atoms with van der Waals surface area (Å²) in [5.74, 6) is 0.594. The summed E-state index contributed by atoms with van der Waals surface area (Å²) in [5.41, 5.74) is 0.729. The Labute approximate surface area is 165 Å². The van der Waals surface area contributed by atoms with Crippen molar-refractivity contribution in [3.63, 3.8) is 0 Å². The fourth-order valence-electron chi connectivity index (χ4n) is 3.34. The highest BCUT2D eigenvalue weighted by Crippen LogP contribution is 2.24. The van der Waals surface area contributed by atoms with Crippen LogP contribution >= 0.6 is 22.9 Å². The van der Waals surface area contributed by atoms with Gasteiger partial charge in [0.1, 0.15) is 5.58 Å². The van der Waals surface area contributed by atoms with Crippen molar-refractivity contribution in [2.24, 2.45) is 5.92 Å². The average Bonchev–Trinajstić information content (AvgIpc) is 3.32. The second-order valence-electron chi connectivity index (χ2n) is 6.70. The summed E-state index contributed by atoms with van der Waals surface area (Å²) >= 11 is 7.14. The molecule has 1 aliphatic rings. The van der Waals surface area contributed by atoms with E-state index in [9.17, 15) is 9.59 Å². The van der Waals surface area contributed by atoms with E-state index in [4.69, 9.17) is 16.0 Å². The Morgan fingerprint density at radius 3 is 2.67 bits per heavy atom. The molecule has 0 unspecified atom stereocenters. The number of benzene rings is 1. The number of hydrogen-bond acceptors (Lipinski definition) is 4. The molecule has 27 heavy (non-hydrogen) atoms. The SMILES string of the molecule is O=C(NCC1CCN(C(=O)c2cc3ccccc3o2)CC1)c1ccc(Cl)s1. The number of para-hydroxylation sites is 1. The van der Waals surface area contributed by atoms with Crippen LogP contribution in [0.4, 0.5) is 0 Å². The normalized spacial score (nSPS) is 15.2. The number of furan rings is 1. The lowest BCUT2D eigenvalue weighted by Gasteiger charge is -2.31. The van der Waals surface area contributed by atoms with Gasteiger partial charge in [-0.2, -0.15) is 0 Å². The summed E-state index contributed by atoms with van der Waals surface area (Å²) in [6, 6.07) is 12.9. The summed E-state index contributed by atoms with van der Waals surface area (Å²) in [6.07, 6.45) is 1.72. The molecule has 0 saturated carbocycles. The third kappa shape index (κ3) is 4.01. The highest BCUT2D eigenvalue weighted by Gasteiger charge is 2.26. The lowest BCUT2D eigenvalue weighted by Crippen LogP contribution is -2.41. The summed E-state index contributed by atoms with van der Waals surface area (Å²) in [6.45, 7) is 1.95. The van der Waals surface area contributed by atoms with Gasteiger partial charge in [-0.1, -0.05) is 29.8 Å². The molecular weight excluding hydrogens is 384 g/mol. The number of likely N-dealkylation sites (tertiary alicyclic amines) is 1. The molecule has 1 fully saturated rings. The first-order chi connectivity index (χ1) is 13.1. The van der Waals surface area contributed by atoms with Crippen LogP contribution in [-0.4, -0.2) is 36.3 Å². The maximum atomic E-state index is 12.7. The van der Waals surface area contributed by atoms with Crippen molar-refractivity contribution in [3.8, 4) is 0 Å². The van der Waals surface area contributed by atoms with E-state index < -0.39 is 0 Å². The average molecular weight is 403 g/mol. The van der Waals surface area contributed by atoms with Gasteiger partial charge in [0.05, 0.1) is 9.21 Å². The molecular formula is C20H19ClN2O3S. The molecule has 2 aromatic heterocycles. The largest absolute Gasteiger partial charge is 0.451 e. The molecule has 2 amide bonds. The molecule has 1 N–H and O–H groups in total. The molecule has 1 aliphatic heterocycles.